The van der Waals surface area contributed by atoms with Crippen LogP contribution >= 0.6 is 0 Å². The van der Waals surface area contributed by atoms with Gasteiger partial charge >= 0.3 is 5.97 Å². The predicted octanol–water partition coefficient (Wildman–Crippen LogP) is 4.15. The predicted molar refractivity (Wildman–Crippen MR) is 101 cm³/mol. The number of aryl methyl sites for hydroxylation is 3. The van der Waals surface area contributed by atoms with E-state index in [1.54, 1.807) is 6.20 Å². The maximum absolute atomic E-state index is 12.4. The molecule has 0 radical (unpaired) electrons. The molecule has 4 aromatic rings. The number of hydrogen-bond acceptors (Lipinski definition) is 5. The van der Waals surface area contributed by atoms with Crippen LogP contribution in [0.1, 0.15) is 41.3 Å². The van der Waals surface area contributed by atoms with Crippen LogP contribution in [0.15, 0.2) is 18.3 Å². The number of fused-ring (bicyclic) bond motifs is 5. The SMILES string of the molecule is Cc1nc2c(ccc3nc4cnc(C(=O)OC(C)C)c(C)c4c32)[nH]c1C. The monoisotopic (exact) mass is 348 g/mol. The molecule has 0 atom stereocenters. The fourth-order valence-electron chi connectivity index (χ4n) is 3.28. The first-order chi connectivity index (χ1) is 12.4. The second kappa shape index (κ2) is 5.76. The molecule has 26 heavy (non-hydrogen) atoms. The van der Waals surface area contributed by atoms with Crippen molar-refractivity contribution in [1.82, 2.24) is 19.9 Å². The molecular formula is C20H20N4O2. The Morgan fingerprint density at radius 1 is 1.08 bits per heavy atom. The lowest BCUT2D eigenvalue weighted by Crippen LogP contribution is -2.14. The standard InChI is InChI=1S/C20H20N4O2/c1-9(2)26-20(25)18-10(3)16-15(8-21-18)24-13-6-7-14-19(17(13)16)23-12(5)11(4)22-14/h6-9,22H,1-5H3. The summed E-state index contributed by atoms with van der Waals surface area (Å²) in [5.74, 6) is -0.416. The van der Waals surface area contributed by atoms with Gasteiger partial charge in [0.25, 0.3) is 0 Å². The highest BCUT2D eigenvalue weighted by Gasteiger charge is 2.20. The van der Waals surface area contributed by atoms with Crippen LogP contribution in [-0.4, -0.2) is 32.0 Å². The van der Waals surface area contributed by atoms with Gasteiger partial charge in [-0.15, -0.1) is 0 Å². The van der Waals surface area contributed by atoms with E-state index in [-0.39, 0.29) is 6.10 Å². The molecular weight excluding hydrogens is 328 g/mol. The lowest BCUT2D eigenvalue weighted by molar-refractivity contribution is 0.0370. The number of H-pyrrole nitrogens is 1. The molecule has 0 unspecified atom stereocenters. The Hall–Kier alpha value is -3.02. The molecule has 3 heterocycles. The average Bonchev–Trinajstić information content (AvgIpc) is 2.95. The molecule has 6 heteroatoms. The van der Waals surface area contributed by atoms with Gasteiger partial charge in [-0.2, -0.15) is 0 Å². The number of aromatic amines is 1. The van der Waals surface area contributed by atoms with E-state index in [1.807, 2.05) is 46.8 Å². The summed E-state index contributed by atoms with van der Waals surface area (Å²) in [5, 5.41) is 1.84. The van der Waals surface area contributed by atoms with Crippen LogP contribution in [-0.2, 0) is 4.74 Å². The highest BCUT2D eigenvalue weighted by Crippen LogP contribution is 2.33. The molecule has 0 saturated heterocycles. The number of nitrogens with zero attached hydrogens (tertiary/aromatic N) is 3. The molecule has 3 aromatic heterocycles. The molecule has 4 rings (SSSR count). The minimum absolute atomic E-state index is 0.198. The Labute approximate surface area is 150 Å². The number of hydrogen-bond donors (Lipinski definition) is 1. The van der Waals surface area contributed by atoms with Gasteiger partial charge in [-0.3, -0.25) is 0 Å². The van der Waals surface area contributed by atoms with Crippen LogP contribution in [0.25, 0.3) is 32.8 Å². The van der Waals surface area contributed by atoms with Crippen molar-refractivity contribution in [3.05, 3.63) is 41.0 Å². The van der Waals surface area contributed by atoms with Gasteiger partial charge in [-0.1, -0.05) is 0 Å². The van der Waals surface area contributed by atoms with Gasteiger partial charge in [0.05, 0.1) is 40.1 Å². The van der Waals surface area contributed by atoms with Gasteiger partial charge in [-0.25, -0.2) is 19.7 Å². The Morgan fingerprint density at radius 3 is 2.58 bits per heavy atom. The first-order valence-electron chi connectivity index (χ1n) is 8.62. The molecule has 0 aliphatic rings. The molecule has 0 saturated carbocycles. The largest absolute Gasteiger partial charge is 0.458 e. The Morgan fingerprint density at radius 2 is 1.85 bits per heavy atom. The smallest absolute Gasteiger partial charge is 0.357 e. The maximum atomic E-state index is 12.4. The topological polar surface area (TPSA) is 80.8 Å². The molecule has 0 amide bonds. The number of carbonyl (C=O) groups is 1. The third-order valence-electron chi connectivity index (χ3n) is 4.63. The molecule has 1 aromatic carbocycles. The van der Waals surface area contributed by atoms with E-state index in [9.17, 15) is 4.79 Å². The van der Waals surface area contributed by atoms with Crippen molar-refractivity contribution in [2.24, 2.45) is 0 Å². The summed E-state index contributed by atoms with van der Waals surface area (Å²) < 4.78 is 5.33. The minimum Gasteiger partial charge on any atom is -0.458 e. The van der Waals surface area contributed by atoms with Crippen molar-refractivity contribution < 1.29 is 9.53 Å². The third kappa shape index (κ3) is 2.41. The number of benzene rings is 1. The van der Waals surface area contributed by atoms with Crippen LogP contribution < -0.4 is 0 Å². The number of rotatable bonds is 2. The zero-order valence-corrected chi connectivity index (χ0v) is 15.5. The molecule has 0 fully saturated rings. The molecule has 132 valence electrons. The van der Waals surface area contributed by atoms with Crippen molar-refractivity contribution in [2.45, 2.75) is 40.7 Å². The van der Waals surface area contributed by atoms with E-state index in [2.05, 4.69) is 15.0 Å². The zero-order chi connectivity index (χ0) is 18.6. The van der Waals surface area contributed by atoms with Crippen LogP contribution in [0.2, 0.25) is 0 Å². The average molecular weight is 348 g/mol. The fraction of sp³-hybridized carbons (Fsp3) is 0.300. The van der Waals surface area contributed by atoms with Crippen molar-refractivity contribution >= 4 is 38.8 Å². The molecule has 1 N–H and O–H groups in total. The summed E-state index contributed by atoms with van der Waals surface area (Å²) >= 11 is 0. The third-order valence-corrected chi connectivity index (χ3v) is 4.63. The van der Waals surface area contributed by atoms with Gasteiger partial charge in [-0.05, 0) is 52.3 Å². The number of esters is 1. The van der Waals surface area contributed by atoms with Crippen LogP contribution in [0.5, 0.6) is 0 Å². The van der Waals surface area contributed by atoms with Crippen molar-refractivity contribution in [3.63, 3.8) is 0 Å². The van der Waals surface area contributed by atoms with E-state index in [0.717, 1.165) is 49.8 Å². The number of nitrogens with one attached hydrogen (secondary N) is 1. The van der Waals surface area contributed by atoms with Gasteiger partial charge in [0.15, 0.2) is 5.69 Å². The molecule has 0 aliphatic carbocycles. The van der Waals surface area contributed by atoms with Gasteiger partial charge < -0.3 is 9.72 Å². The van der Waals surface area contributed by atoms with E-state index >= 15 is 0 Å². The quantitative estimate of drug-likeness (QED) is 0.550. The van der Waals surface area contributed by atoms with E-state index in [0.29, 0.717) is 5.69 Å². The lowest BCUT2D eigenvalue weighted by atomic mass is 10.1. The van der Waals surface area contributed by atoms with Gasteiger partial charge in [0, 0.05) is 16.5 Å². The zero-order valence-electron chi connectivity index (χ0n) is 15.5. The summed E-state index contributed by atoms with van der Waals surface area (Å²) in [6.45, 7) is 9.51. The fourth-order valence-corrected chi connectivity index (χ4v) is 3.28. The van der Waals surface area contributed by atoms with E-state index in [4.69, 9.17) is 9.72 Å². The number of ether oxygens (including phenoxy) is 1. The highest BCUT2D eigenvalue weighted by molar-refractivity contribution is 6.20. The normalized spacial score (nSPS) is 11.8. The summed E-state index contributed by atoms with van der Waals surface area (Å²) in [6, 6.07) is 3.95. The summed E-state index contributed by atoms with van der Waals surface area (Å²) in [4.78, 5) is 29.6. The van der Waals surface area contributed by atoms with Crippen molar-refractivity contribution in [2.75, 3.05) is 0 Å². The van der Waals surface area contributed by atoms with E-state index in [1.165, 1.54) is 0 Å². The van der Waals surface area contributed by atoms with Gasteiger partial charge in [0.1, 0.15) is 0 Å². The van der Waals surface area contributed by atoms with Crippen molar-refractivity contribution in [3.8, 4) is 0 Å². The number of pyridine rings is 1. The Balaban J connectivity index is 2.09. The summed E-state index contributed by atoms with van der Waals surface area (Å²) in [5.41, 5.74) is 6.45. The maximum Gasteiger partial charge on any atom is 0.357 e. The van der Waals surface area contributed by atoms with Crippen LogP contribution in [0.4, 0.5) is 0 Å². The molecule has 0 spiro atoms. The van der Waals surface area contributed by atoms with E-state index < -0.39 is 5.97 Å². The number of aromatic nitrogens is 4. The van der Waals surface area contributed by atoms with Crippen molar-refractivity contribution in [1.29, 1.82) is 0 Å². The molecule has 0 aliphatic heterocycles. The minimum atomic E-state index is -0.416. The van der Waals surface area contributed by atoms with Crippen LogP contribution in [0, 0.1) is 20.8 Å². The Bertz CT molecular complexity index is 1190. The molecule has 0 bridgehead atoms. The molecule has 6 nitrogen and oxygen atoms in total. The summed E-state index contributed by atoms with van der Waals surface area (Å²) in [6.07, 6.45) is 1.44. The van der Waals surface area contributed by atoms with Gasteiger partial charge in [0.2, 0.25) is 0 Å². The van der Waals surface area contributed by atoms with Crippen LogP contribution in [0.3, 0.4) is 0 Å². The summed E-state index contributed by atoms with van der Waals surface area (Å²) in [7, 11) is 0. The highest BCUT2D eigenvalue weighted by atomic mass is 16.5. The second-order valence-corrected chi connectivity index (χ2v) is 6.86. The Kier molecular flexibility index (Phi) is 3.64. The lowest BCUT2D eigenvalue weighted by Gasteiger charge is -2.10. The first-order valence-corrected chi connectivity index (χ1v) is 8.62. The number of carbonyl (C=O) groups excluding carboxylic acids is 1. The second-order valence-electron chi connectivity index (χ2n) is 6.86. The first kappa shape index (κ1) is 16.4.